The number of rotatable bonds is 3. The number of nitrogens with one attached hydrogen (secondary N) is 1. The number of nitrogens with zero attached hydrogens (tertiary/aromatic N) is 2. The Hall–Kier alpha value is -1.99. The summed E-state index contributed by atoms with van der Waals surface area (Å²) in [5.41, 5.74) is 3.75. The standard InChI is InChI=1S/C16H20FN3O3/c1-11-13(17)3-2-4-14(11)20-6-5-12(16(20)22)15(21)18-19-7-9-23-10-8-19/h2-4,12H,5-10H2,1H3,(H,18,21)/t12-/m1/s1. The average Bonchev–Trinajstić information content (AvgIpc) is 2.93. The van der Waals surface area contributed by atoms with Crippen LogP contribution in [0.25, 0.3) is 0 Å². The van der Waals surface area contributed by atoms with Crippen molar-refractivity contribution in [1.82, 2.24) is 10.4 Å². The van der Waals surface area contributed by atoms with Crippen LogP contribution in [0.1, 0.15) is 12.0 Å². The number of hydrogen-bond acceptors (Lipinski definition) is 4. The number of hydrazine groups is 1. The Morgan fingerprint density at radius 3 is 2.78 bits per heavy atom. The molecule has 0 spiro atoms. The predicted octanol–water partition coefficient (Wildman–Crippen LogP) is 0.850. The van der Waals surface area contributed by atoms with Gasteiger partial charge in [0.25, 0.3) is 0 Å². The molecule has 2 amide bonds. The highest BCUT2D eigenvalue weighted by atomic mass is 19.1. The molecule has 2 saturated heterocycles. The molecule has 2 fully saturated rings. The molecule has 0 saturated carbocycles. The van der Waals surface area contributed by atoms with E-state index in [9.17, 15) is 14.0 Å². The topological polar surface area (TPSA) is 61.9 Å². The second kappa shape index (κ2) is 6.64. The van der Waals surface area contributed by atoms with Crippen molar-refractivity contribution in [2.24, 2.45) is 5.92 Å². The lowest BCUT2D eigenvalue weighted by atomic mass is 10.1. The highest BCUT2D eigenvalue weighted by Gasteiger charge is 2.38. The summed E-state index contributed by atoms with van der Waals surface area (Å²) in [7, 11) is 0. The van der Waals surface area contributed by atoms with Crippen molar-refractivity contribution in [3.63, 3.8) is 0 Å². The van der Waals surface area contributed by atoms with Crippen molar-refractivity contribution in [2.75, 3.05) is 37.7 Å². The van der Waals surface area contributed by atoms with Crippen LogP contribution in [0.3, 0.4) is 0 Å². The fourth-order valence-corrected chi connectivity index (χ4v) is 2.96. The van der Waals surface area contributed by atoms with E-state index in [1.54, 1.807) is 24.1 Å². The second-order valence-electron chi connectivity index (χ2n) is 5.79. The molecule has 124 valence electrons. The van der Waals surface area contributed by atoms with Gasteiger partial charge >= 0.3 is 0 Å². The Bertz CT molecular complexity index is 617. The third-order valence-electron chi connectivity index (χ3n) is 4.33. The van der Waals surface area contributed by atoms with Gasteiger partial charge in [-0.2, -0.15) is 0 Å². The van der Waals surface area contributed by atoms with Gasteiger partial charge in [-0.25, -0.2) is 9.40 Å². The number of anilines is 1. The van der Waals surface area contributed by atoms with Crippen molar-refractivity contribution in [3.05, 3.63) is 29.6 Å². The van der Waals surface area contributed by atoms with Crippen LogP contribution in [-0.2, 0) is 14.3 Å². The molecular formula is C16H20FN3O3. The molecule has 2 aliphatic heterocycles. The first kappa shape index (κ1) is 15.9. The minimum atomic E-state index is -0.722. The van der Waals surface area contributed by atoms with E-state index < -0.39 is 5.92 Å². The van der Waals surface area contributed by atoms with Crippen molar-refractivity contribution < 1.29 is 18.7 Å². The Balaban J connectivity index is 1.68. The molecule has 1 atom stereocenters. The normalized spacial score (nSPS) is 22.4. The summed E-state index contributed by atoms with van der Waals surface area (Å²) in [4.78, 5) is 26.4. The Morgan fingerprint density at radius 1 is 1.30 bits per heavy atom. The fourth-order valence-electron chi connectivity index (χ4n) is 2.96. The SMILES string of the molecule is Cc1c(F)cccc1N1CC[C@H](C(=O)NN2CCOCC2)C1=O. The number of ether oxygens (including phenoxy) is 1. The van der Waals surface area contributed by atoms with Crippen molar-refractivity contribution in [2.45, 2.75) is 13.3 Å². The van der Waals surface area contributed by atoms with Crippen LogP contribution in [0, 0.1) is 18.7 Å². The number of hydrogen-bond donors (Lipinski definition) is 1. The molecule has 1 N–H and O–H groups in total. The summed E-state index contributed by atoms with van der Waals surface area (Å²) >= 11 is 0. The molecule has 2 aliphatic rings. The smallest absolute Gasteiger partial charge is 0.246 e. The van der Waals surface area contributed by atoms with Crippen LogP contribution in [0.5, 0.6) is 0 Å². The number of morpholine rings is 1. The third kappa shape index (κ3) is 3.20. The van der Waals surface area contributed by atoms with Crippen LogP contribution in [0.2, 0.25) is 0 Å². The van der Waals surface area contributed by atoms with Crippen molar-refractivity contribution in [3.8, 4) is 0 Å². The maximum atomic E-state index is 13.7. The molecule has 0 aromatic heterocycles. The zero-order valence-electron chi connectivity index (χ0n) is 13.0. The molecule has 0 radical (unpaired) electrons. The molecule has 7 heteroatoms. The summed E-state index contributed by atoms with van der Waals surface area (Å²) < 4.78 is 18.9. The van der Waals surface area contributed by atoms with Crippen LogP contribution in [-0.4, -0.2) is 49.7 Å². The van der Waals surface area contributed by atoms with E-state index in [0.29, 0.717) is 50.5 Å². The Morgan fingerprint density at radius 2 is 2.04 bits per heavy atom. The molecule has 0 aliphatic carbocycles. The zero-order chi connectivity index (χ0) is 16.4. The lowest BCUT2D eigenvalue weighted by Crippen LogP contribution is -2.51. The lowest BCUT2D eigenvalue weighted by Gasteiger charge is -2.28. The minimum Gasteiger partial charge on any atom is -0.379 e. The highest BCUT2D eigenvalue weighted by Crippen LogP contribution is 2.29. The van der Waals surface area contributed by atoms with Crippen LogP contribution in [0.15, 0.2) is 18.2 Å². The molecule has 0 unspecified atom stereocenters. The first-order valence-corrected chi connectivity index (χ1v) is 7.77. The van der Waals surface area contributed by atoms with Gasteiger partial charge < -0.3 is 9.64 Å². The van der Waals surface area contributed by atoms with Crippen LogP contribution < -0.4 is 10.3 Å². The van der Waals surface area contributed by atoms with Gasteiger partial charge in [-0.15, -0.1) is 0 Å². The maximum Gasteiger partial charge on any atom is 0.246 e. The third-order valence-corrected chi connectivity index (χ3v) is 4.33. The molecule has 3 rings (SSSR count). The summed E-state index contributed by atoms with van der Waals surface area (Å²) in [6.45, 7) is 4.41. The minimum absolute atomic E-state index is 0.274. The predicted molar refractivity (Wildman–Crippen MR) is 82.1 cm³/mol. The van der Waals surface area contributed by atoms with Gasteiger partial charge in [-0.05, 0) is 25.5 Å². The molecule has 6 nitrogen and oxygen atoms in total. The summed E-state index contributed by atoms with van der Waals surface area (Å²) in [5.74, 6) is -1.64. The zero-order valence-corrected chi connectivity index (χ0v) is 13.0. The first-order chi connectivity index (χ1) is 11.1. The van der Waals surface area contributed by atoms with E-state index >= 15 is 0 Å². The quantitative estimate of drug-likeness (QED) is 0.839. The van der Waals surface area contributed by atoms with Gasteiger partial charge in [-0.1, -0.05) is 6.07 Å². The van der Waals surface area contributed by atoms with Gasteiger partial charge in [0.05, 0.1) is 13.2 Å². The number of carbonyl (C=O) groups excluding carboxylic acids is 2. The van der Waals surface area contributed by atoms with Gasteiger partial charge in [0, 0.05) is 30.9 Å². The lowest BCUT2D eigenvalue weighted by molar-refractivity contribution is -0.137. The highest BCUT2D eigenvalue weighted by molar-refractivity contribution is 6.09. The Labute approximate surface area is 134 Å². The molecule has 23 heavy (non-hydrogen) atoms. The molecule has 2 heterocycles. The van der Waals surface area contributed by atoms with E-state index in [-0.39, 0.29) is 17.6 Å². The maximum absolute atomic E-state index is 13.7. The van der Waals surface area contributed by atoms with Crippen molar-refractivity contribution in [1.29, 1.82) is 0 Å². The fraction of sp³-hybridized carbons (Fsp3) is 0.500. The summed E-state index contributed by atoms with van der Waals surface area (Å²) in [6.07, 6.45) is 0.435. The molecule has 1 aromatic carbocycles. The Kier molecular flexibility index (Phi) is 4.58. The van der Waals surface area contributed by atoms with Crippen LogP contribution >= 0.6 is 0 Å². The first-order valence-electron chi connectivity index (χ1n) is 7.77. The van der Waals surface area contributed by atoms with Gasteiger partial charge in [0.15, 0.2) is 0 Å². The van der Waals surface area contributed by atoms with Gasteiger partial charge in [-0.3, -0.25) is 15.0 Å². The van der Waals surface area contributed by atoms with Crippen LogP contribution in [0.4, 0.5) is 10.1 Å². The van der Waals surface area contributed by atoms with Gasteiger partial charge in [0.1, 0.15) is 11.7 Å². The number of halogens is 1. The molecule has 0 bridgehead atoms. The monoisotopic (exact) mass is 321 g/mol. The number of benzene rings is 1. The van der Waals surface area contributed by atoms with E-state index in [4.69, 9.17) is 4.74 Å². The van der Waals surface area contributed by atoms with E-state index in [1.165, 1.54) is 11.0 Å². The van der Waals surface area contributed by atoms with E-state index in [0.717, 1.165) is 0 Å². The second-order valence-corrected chi connectivity index (χ2v) is 5.79. The van der Waals surface area contributed by atoms with Crippen molar-refractivity contribution >= 4 is 17.5 Å². The summed E-state index contributed by atoms with van der Waals surface area (Å²) in [5, 5.41) is 1.77. The van der Waals surface area contributed by atoms with E-state index in [2.05, 4.69) is 5.43 Å². The summed E-state index contributed by atoms with van der Waals surface area (Å²) in [6, 6.07) is 4.65. The molecular weight excluding hydrogens is 301 g/mol. The average molecular weight is 321 g/mol. The van der Waals surface area contributed by atoms with Gasteiger partial charge in [0.2, 0.25) is 11.8 Å². The number of amides is 2. The largest absolute Gasteiger partial charge is 0.379 e. The van der Waals surface area contributed by atoms with E-state index in [1.807, 2.05) is 0 Å². The molecule has 1 aromatic rings. The number of carbonyl (C=O) groups is 2.